The fraction of sp³-hybridized carbons (Fsp3) is 0.333. The molecule has 1 aliphatic carbocycles. The number of non-ortho nitro benzene ring substituents is 1. The number of nitro groups is 1. The largest absolute Gasteiger partial charge is 0.352 e. The zero-order valence-corrected chi connectivity index (χ0v) is 25.8. The molecule has 1 fully saturated rings. The Bertz CT molecular complexity index is 1540. The van der Waals surface area contributed by atoms with Crippen LogP contribution in [-0.4, -0.2) is 48.7 Å². The molecule has 10 nitrogen and oxygen atoms in total. The number of benzene rings is 3. The van der Waals surface area contributed by atoms with Gasteiger partial charge in [-0.25, -0.2) is 8.42 Å². The Morgan fingerprint density at radius 1 is 0.953 bits per heavy atom. The van der Waals surface area contributed by atoms with Gasteiger partial charge in [-0.05, 0) is 56.2 Å². The summed E-state index contributed by atoms with van der Waals surface area (Å²) in [5.74, 6) is -1.07. The minimum atomic E-state index is -4.31. The van der Waals surface area contributed by atoms with Crippen molar-refractivity contribution in [3.63, 3.8) is 0 Å². The van der Waals surface area contributed by atoms with E-state index in [4.69, 9.17) is 23.2 Å². The molecule has 1 saturated carbocycles. The molecule has 1 aliphatic rings. The van der Waals surface area contributed by atoms with Gasteiger partial charge >= 0.3 is 0 Å². The number of carbonyl (C=O) groups is 2. The molecular formula is C30H32Cl2N4O6S. The SMILES string of the molecule is C[C@H](C(=O)NC1CCCCC1)N(Cc1c(Cl)cccc1Cl)C(=O)CN(c1ccc([N+](=O)[O-])cc1)S(=O)(=O)c1ccccc1. The average Bonchev–Trinajstić information content (AvgIpc) is 3.00. The maximum absolute atomic E-state index is 14.1. The van der Waals surface area contributed by atoms with E-state index in [9.17, 15) is 28.1 Å². The number of carbonyl (C=O) groups excluding carboxylic acids is 2. The molecular weight excluding hydrogens is 615 g/mol. The van der Waals surface area contributed by atoms with Gasteiger partial charge in [-0.15, -0.1) is 0 Å². The number of nitrogens with zero attached hydrogens (tertiary/aromatic N) is 3. The van der Waals surface area contributed by atoms with Crippen molar-refractivity contribution in [1.29, 1.82) is 0 Å². The van der Waals surface area contributed by atoms with Crippen molar-refractivity contribution in [2.75, 3.05) is 10.8 Å². The van der Waals surface area contributed by atoms with Crippen LogP contribution in [0.25, 0.3) is 0 Å². The zero-order chi connectivity index (χ0) is 31.1. The lowest BCUT2D eigenvalue weighted by Crippen LogP contribution is -2.53. The van der Waals surface area contributed by atoms with Crippen LogP contribution < -0.4 is 9.62 Å². The first-order valence-electron chi connectivity index (χ1n) is 13.8. The van der Waals surface area contributed by atoms with Crippen LogP contribution in [0.15, 0.2) is 77.7 Å². The second-order valence-corrected chi connectivity index (χ2v) is 13.0. The molecule has 0 aliphatic heterocycles. The van der Waals surface area contributed by atoms with E-state index in [1.807, 2.05) is 0 Å². The van der Waals surface area contributed by atoms with Crippen molar-refractivity contribution in [1.82, 2.24) is 10.2 Å². The van der Waals surface area contributed by atoms with E-state index < -0.39 is 33.4 Å². The number of nitro benzene ring substituents is 1. The smallest absolute Gasteiger partial charge is 0.269 e. The third-order valence-corrected chi connectivity index (χ3v) is 9.96. The first-order chi connectivity index (χ1) is 20.5. The minimum absolute atomic E-state index is 0.0142. The van der Waals surface area contributed by atoms with Gasteiger partial charge in [0.2, 0.25) is 11.8 Å². The second-order valence-electron chi connectivity index (χ2n) is 10.3. The molecule has 228 valence electrons. The molecule has 0 aromatic heterocycles. The van der Waals surface area contributed by atoms with Gasteiger partial charge in [0.05, 0.1) is 15.5 Å². The Hall–Kier alpha value is -3.67. The summed E-state index contributed by atoms with van der Waals surface area (Å²) >= 11 is 12.9. The number of rotatable bonds is 11. The Labute approximate surface area is 260 Å². The van der Waals surface area contributed by atoms with Crippen molar-refractivity contribution in [3.8, 4) is 0 Å². The van der Waals surface area contributed by atoms with Gasteiger partial charge in [-0.1, -0.05) is 66.7 Å². The predicted molar refractivity (Wildman–Crippen MR) is 166 cm³/mol. The van der Waals surface area contributed by atoms with Gasteiger partial charge in [0.1, 0.15) is 12.6 Å². The van der Waals surface area contributed by atoms with E-state index in [0.717, 1.165) is 48.5 Å². The summed E-state index contributed by atoms with van der Waals surface area (Å²) < 4.78 is 28.6. The van der Waals surface area contributed by atoms with Gasteiger partial charge in [0.15, 0.2) is 0 Å². The van der Waals surface area contributed by atoms with Crippen molar-refractivity contribution in [2.24, 2.45) is 0 Å². The molecule has 0 heterocycles. The molecule has 2 amide bonds. The first kappa shape index (κ1) is 32.2. The normalized spacial score (nSPS) is 14.5. The second kappa shape index (κ2) is 14.2. The van der Waals surface area contributed by atoms with Crippen LogP contribution in [0.2, 0.25) is 10.0 Å². The molecule has 0 unspecified atom stereocenters. The summed E-state index contributed by atoms with van der Waals surface area (Å²) in [4.78, 5) is 39.3. The summed E-state index contributed by atoms with van der Waals surface area (Å²) in [5, 5.41) is 14.8. The molecule has 1 atom stereocenters. The highest BCUT2D eigenvalue weighted by Gasteiger charge is 2.34. The predicted octanol–water partition coefficient (Wildman–Crippen LogP) is 5.96. The number of sulfonamides is 1. The van der Waals surface area contributed by atoms with E-state index >= 15 is 0 Å². The molecule has 4 rings (SSSR count). The number of anilines is 1. The van der Waals surface area contributed by atoms with Crippen LogP contribution in [0.4, 0.5) is 11.4 Å². The van der Waals surface area contributed by atoms with E-state index in [1.165, 1.54) is 29.2 Å². The van der Waals surface area contributed by atoms with Crippen molar-refractivity contribution < 1.29 is 22.9 Å². The number of nitrogens with one attached hydrogen (secondary N) is 1. The molecule has 43 heavy (non-hydrogen) atoms. The highest BCUT2D eigenvalue weighted by atomic mass is 35.5. The molecule has 13 heteroatoms. The maximum Gasteiger partial charge on any atom is 0.269 e. The topological polar surface area (TPSA) is 130 Å². The van der Waals surface area contributed by atoms with Crippen molar-refractivity contribution >= 4 is 56.4 Å². The lowest BCUT2D eigenvalue weighted by Gasteiger charge is -2.33. The lowest BCUT2D eigenvalue weighted by molar-refractivity contribution is -0.384. The van der Waals surface area contributed by atoms with Crippen LogP contribution in [-0.2, 0) is 26.2 Å². The van der Waals surface area contributed by atoms with Gasteiger partial charge in [-0.2, -0.15) is 0 Å². The summed E-state index contributed by atoms with van der Waals surface area (Å²) in [6.07, 6.45) is 4.78. The average molecular weight is 648 g/mol. The van der Waals surface area contributed by atoms with E-state index in [-0.39, 0.29) is 44.8 Å². The number of halogens is 2. The lowest BCUT2D eigenvalue weighted by atomic mass is 9.95. The highest BCUT2D eigenvalue weighted by molar-refractivity contribution is 7.92. The van der Waals surface area contributed by atoms with Gasteiger partial charge in [0, 0.05) is 40.3 Å². The molecule has 0 saturated heterocycles. The van der Waals surface area contributed by atoms with Gasteiger partial charge < -0.3 is 10.2 Å². The fourth-order valence-electron chi connectivity index (χ4n) is 4.99. The van der Waals surface area contributed by atoms with Gasteiger partial charge in [-0.3, -0.25) is 24.0 Å². The van der Waals surface area contributed by atoms with Crippen molar-refractivity contribution in [2.45, 2.75) is 62.6 Å². The molecule has 0 spiro atoms. The highest BCUT2D eigenvalue weighted by Crippen LogP contribution is 2.29. The van der Waals surface area contributed by atoms with E-state index in [2.05, 4.69) is 5.32 Å². The Morgan fingerprint density at radius 3 is 2.14 bits per heavy atom. The Balaban J connectivity index is 1.71. The Kier molecular flexibility index (Phi) is 10.6. The maximum atomic E-state index is 14.1. The quantitative estimate of drug-likeness (QED) is 0.202. The summed E-state index contributed by atoms with van der Waals surface area (Å²) in [6, 6.07) is 16.2. The summed E-state index contributed by atoms with van der Waals surface area (Å²) in [7, 11) is -4.31. The third-order valence-electron chi connectivity index (χ3n) is 7.47. The number of amides is 2. The molecule has 3 aromatic rings. The van der Waals surface area contributed by atoms with Crippen LogP contribution in [0, 0.1) is 10.1 Å². The molecule has 1 N–H and O–H groups in total. The minimum Gasteiger partial charge on any atom is -0.352 e. The van der Waals surface area contributed by atoms with E-state index in [1.54, 1.807) is 43.3 Å². The fourth-order valence-corrected chi connectivity index (χ4v) is 6.95. The van der Waals surface area contributed by atoms with Crippen LogP contribution >= 0.6 is 23.2 Å². The van der Waals surface area contributed by atoms with Crippen molar-refractivity contribution in [3.05, 3.63) is 98.5 Å². The monoisotopic (exact) mass is 646 g/mol. The molecule has 3 aromatic carbocycles. The first-order valence-corrected chi connectivity index (χ1v) is 16.0. The van der Waals surface area contributed by atoms with Gasteiger partial charge in [0.25, 0.3) is 15.7 Å². The van der Waals surface area contributed by atoms with Crippen LogP contribution in [0.5, 0.6) is 0 Å². The Morgan fingerprint density at radius 2 is 1.56 bits per heavy atom. The zero-order valence-electron chi connectivity index (χ0n) is 23.5. The van der Waals surface area contributed by atoms with Crippen LogP contribution in [0.1, 0.15) is 44.6 Å². The molecule has 0 bridgehead atoms. The summed E-state index contributed by atoms with van der Waals surface area (Å²) in [5.41, 5.74) is 0.206. The number of hydrogen-bond acceptors (Lipinski definition) is 6. The standard InChI is InChI=1S/C30H32Cl2N4O6S/c1-21(30(38)33-22-9-4-2-5-10-22)34(19-26-27(31)13-8-14-28(26)32)29(37)20-35(23-15-17-24(18-16-23)36(39)40)43(41,42)25-11-6-3-7-12-25/h3,6-8,11-18,21-22H,2,4-5,9-10,19-20H2,1H3,(H,33,38)/t21-/m1/s1. The van der Waals surface area contributed by atoms with Crippen LogP contribution in [0.3, 0.4) is 0 Å². The van der Waals surface area contributed by atoms with E-state index in [0.29, 0.717) is 5.56 Å². The number of hydrogen-bond donors (Lipinski definition) is 1. The molecule has 0 radical (unpaired) electrons. The third kappa shape index (κ3) is 7.84. The summed E-state index contributed by atoms with van der Waals surface area (Å²) in [6.45, 7) is 0.719.